The van der Waals surface area contributed by atoms with Gasteiger partial charge < -0.3 is 10.4 Å². The van der Waals surface area contributed by atoms with E-state index in [4.69, 9.17) is 0 Å². The molecule has 0 aromatic heterocycles. The molecule has 2 atom stereocenters. The Morgan fingerprint density at radius 1 is 1.14 bits per heavy atom. The van der Waals surface area contributed by atoms with Crippen LogP contribution in [0.2, 0.25) is 0 Å². The van der Waals surface area contributed by atoms with Crippen molar-refractivity contribution in [3.05, 3.63) is 35.9 Å². The SMILES string of the molecule is CCCNC(c1ccccc1)C(C)CN(CCO)C(C)C. The lowest BCUT2D eigenvalue weighted by Gasteiger charge is -2.33. The Hall–Kier alpha value is -0.900. The zero-order chi connectivity index (χ0) is 15.7. The highest BCUT2D eigenvalue weighted by atomic mass is 16.3. The minimum atomic E-state index is 0.225. The molecule has 1 rings (SSSR count). The van der Waals surface area contributed by atoms with E-state index in [1.807, 2.05) is 0 Å². The van der Waals surface area contributed by atoms with Crippen molar-refractivity contribution in [2.45, 2.75) is 46.2 Å². The van der Waals surface area contributed by atoms with Gasteiger partial charge in [0.2, 0.25) is 0 Å². The van der Waals surface area contributed by atoms with Crippen LogP contribution in [0.25, 0.3) is 0 Å². The standard InChI is InChI=1S/C18H32N2O/c1-5-11-19-18(17-9-7-6-8-10-17)16(4)14-20(12-13-21)15(2)3/h6-10,15-16,18-19,21H,5,11-14H2,1-4H3. The van der Waals surface area contributed by atoms with Crippen LogP contribution < -0.4 is 5.32 Å². The predicted octanol–water partition coefficient (Wildman–Crippen LogP) is 3.07. The molecule has 0 heterocycles. The summed E-state index contributed by atoms with van der Waals surface area (Å²) >= 11 is 0. The van der Waals surface area contributed by atoms with Crippen LogP contribution >= 0.6 is 0 Å². The summed E-state index contributed by atoms with van der Waals surface area (Å²) in [4.78, 5) is 2.36. The molecule has 0 aliphatic heterocycles. The number of nitrogens with one attached hydrogen (secondary N) is 1. The molecule has 0 aliphatic rings. The zero-order valence-corrected chi connectivity index (χ0v) is 14.0. The smallest absolute Gasteiger partial charge is 0.0558 e. The first-order valence-electron chi connectivity index (χ1n) is 8.23. The average molecular weight is 292 g/mol. The van der Waals surface area contributed by atoms with Gasteiger partial charge in [-0.25, -0.2) is 0 Å². The Bertz CT molecular complexity index is 367. The molecule has 0 bridgehead atoms. The van der Waals surface area contributed by atoms with E-state index in [1.54, 1.807) is 0 Å². The van der Waals surface area contributed by atoms with E-state index in [0.717, 1.165) is 26.1 Å². The summed E-state index contributed by atoms with van der Waals surface area (Å²) in [5.74, 6) is 0.493. The van der Waals surface area contributed by atoms with Gasteiger partial charge in [0, 0.05) is 25.2 Å². The van der Waals surface area contributed by atoms with Gasteiger partial charge in [0.15, 0.2) is 0 Å². The molecule has 1 aromatic carbocycles. The first kappa shape index (κ1) is 18.1. The number of hydrogen-bond donors (Lipinski definition) is 2. The lowest BCUT2D eigenvalue weighted by atomic mass is 9.93. The minimum Gasteiger partial charge on any atom is -0.395 e. The van der Waals surface area contributed by atoms with Crippen LogP contribution in [0.5, 0.6) is 0 Å². The van der Waals surface area contributed by atoms with Gasteiger partial charge in [-0.2, -0.15) is 0 Å². The summed E-state index contributed by atoms with van der Waals surface area (Å²) in [5, 5.41) is 12.9. The van der Waals surface area contributed by atoms with Crippen molar-refractivity contribution >= 4 is 0 Å². The maximum absolute atomic E-state index is 9.24. The van der Waals surface area contributed by atoms with E-state index >= 15 is 0 Å². The first-order valence-corrected chi connectivity index (χ1v) is 8.23. The summed E-state index contributed by atoms with van der Waals surface area (Å²) in [6.45, 7) is 11.9. The Morgan fingerprint density at radius 3 is 2.33 bits per heavy atom. The van der Waals surface area contributed by atoms with Crippen molar-refractivity contribution < 1.29 is 5.11 Å². The Labute approximate surface area is 130 Å². The maximum Gasteiger partial charge on any atom is 0.0558 e. The molecular formula is C18H32N2O. The summed E-state index contributed by atoms with van der Waals surface area (Å²) in [6, 6.07) is 11.5. The van der Waals surface area contributed by atoms with E-state index in [0.29, 0.717) is 18.0 Å². The van der Waals surface area contributed by atoms with Crippen LogP contribution in [0.1, 0.15) is 45.7 Å². The van der Waals surface area contributed by atoms with Gasteiger partial charge in [-0.15, -0.1) is 0 Å². The van der Waals surface area contributed by atoms with Crippen molar-refractivity contribution in [1.29, 1.82) is 0 Å². The highest BCUT2D eigenvalue weighted by molar-refractivity contribution is 5.19. The molecule has 2 unspecified atom stereocenters. The fourth-order valence-electron chi connectivity index (χ4n) is 2.77. The largest absolute Gasteiger partial charge is 0.395 e. The highest BCUT2D eigenvalue weighted by Gasteiger charge is 2.22. The molecule has 0 spiro atoms. The highest BCUT2D eigenvalue weighted by Crippen LogP contribution is 2.23. The number of rotatable bonds is 10. The fraction of sp³-hybridized carbons (Fsp3) is 0.667. The van der Waals surface area contributed by atoms with Crippen LogP contribution in [0.4, 0.5) is 0 Å². The second-order valence-corrected chi connectivity index (χ2v) is 6.13. The van der Waals surface area contributed by atoms with Crippen molar-refractivity contribution in [1.82, 2.24) is 10.2 Å². The van der Waals surface area contributed by atoms with Gasteiger partial charge in [0.05, 0.1) is 6.61 Å². The Balaban J connectivity index is 2.77. The second-order valence-electron chi connectivity index (χ2n) is 6.13. The van der Waals surface area contributed by atoms with Crippen molar-refractivity contribution in [3.63, 3.8) is 0 Å². The van der Waals surface area contributed by atoms with Gasteiger partial charge in [0.25, 0.3) is 0 Å². The predicted molar refractivity (Wildman–Crippen MR) is 90.4 cm³/mol. The molecule has 0 radical (unpaired) electrons. The molecule has 0 saturated carbocycles. The lowest BCUT2D eigenvalue weighted by Crippen LogP contribution is -2.40. The average Bonchev–Trinajstić information content (AvgIpc) is 2.48. The Morgan fingerprint density at radius 2 is 1.81 bits per heavy atom. The molecular weight excluding hydrogens is 260 g/mol. The van der Waals surface area contributed by atoms with Crippen molar-refractivity contribution in [3.8, 4) is 0 Å². The Kier molecular flexibility index (Phi) is 8.58. The molecule has 0 aliphatic carbocycles. The minimum absolute atomic E-state index is 0.225. The van der Waals surface area contributed by atoms with Crippen LogP contribution in [0.15, 0.2) is 30.3 Å². The topological polar surface area (TPSA) is 35.5 Å². The van der Waals surface area contributed by atoms with E-state index in [1.165, 1.54) is 5.56 Å². The molecule has 0 saturated heterocycles. The van der Waals surface area contributed by atoms with Crippen molar-refractivity contribution in [2.24, 2.45) is 5.92 Å². The molecule has 3 nitrogen and oxygen atoms in total. The molecule has 1 aromatic rings. The van der Waals surface area contributed by atoms with Crippen LogP contribution in [0.3, 0.4) is 0 Å². The number of aliphatic hydroxyl groups is 1. The summed E-state index contributed by atoms with van der Waals surface area (Å²) in [5.41, 5.74) is 1.35. The van der Waals surface area contributed by atoms with Gasteiger partial charge in [0.1, 0.15) is 0 Å². The van der Waals surface area contributed by atoms with Crippen LogP contribution in [-0.4, -0.2) is 42.3 Å². The molecule has 21 heavy (non-hydrogen) atoms. The molecule has 3 heteroatoms. The summed E-state index contributed by atoms with van der Waals surface area (Å²) < 4.78 is 0. The third kappa shape index (κ3) is 6.16. The first-order chi connectivity index (χ1) is 10.1. The van der Waals surface area contributed by atoms with Gasteiger partial charge in [-0.05, 0) is 38.3 Å². The molecule has 0 fully saturated rings. The van der Waals surface area contributed by atoms with E-state index in [2.05, 4.69) is 68.2 Å². The maximum atomic E-state index is 9.24. The van der Waals surface area contributed by atoms with Crippen LogP contribution in [-0.2, 0) is 0 Å². The second kappa shape index (κ2) is 9.93. The summed E-state index contributed by atoms with van der Waals surface area (Å²) in [6.07, 6.45) is 1.14. The lowest BCUT2D eigenvalue weighted by molar-refractivity contribution is 0.137. The number of aliphatic hydroxyl groups excluding tert-OH is 1. The zero-order valence-electron chi connectivity index (χ0n) is 14.0. The van der Waals surface area contributed by atoms with E-state index in [-0.39, 0.29) is 6.61 Å². The molecule has 2 N–H and O–H groups in total. The third-order valence-electron chi connectivity index (χ3n) is 3.98. The fourth-order valence-corrected chi connectivity index (χ4v) is 2.77. The number of benzene rings is 1. The van der Waals surface area contributed by atoms with E-state index < -0.39 is 0 Å². The monoisotopic (exact) mass is 292 g/mol. The number of hydrogen-bond acceptors (Lipinski definition) is 3. The quantitative estimate of drug-likeness (QED) is 0.696. The number of nitrogens with zero attached hydrogens (tertiary/aromatic N) is 1. The molecule has 0 amide bonds. The van der Waals surface area contributed by atoms with Crippen molar-refractivity contribution in [2.75, 3.05) is 26.2 Å². The van der Waals surface area contributed by atoms with Gasteiger partial charge in [-0.3, -0.25) is 4.90 Å². The summed E-state index contributed by atoms with van der Waals surface area (Å²) in [7, 11) is 0. The van der Waals surface area contributed by atoms with E-state index in [9.17, 15) is 5.11 Å². The van der Waals surface area contributed by atoms with Crippen LogP contribution in [0, 0.1) is 5.92 Å². The van der Waals surface area contributed by atoms with Gasteiger partial charge >= 0.3 is 0 Å². The normalized spacial score (nSPS) is 14.6. The third-order valence-corrected chi connectivity index (χ3v) is 3.98. The van der Waals surface area contributed by atoms with Gasteiger partial charge in [-0.1, -0.05) is 44.2 Å². The molecule has 120 valence electrons.